The Kier molecular flexibility index (Phi) is 8.26. The summed E-state index contributed by atoms with van der Waals surface area (Å²) in [7, 11) is 0. The number of aromatic nitrogens is 1. The van der Waals surface area contributed by atoms with Gasteiger partial charge in [0.1, 0.15) is 5.75 Å². The van der Waals surface area contributed by atoms with Crippen LogP contribution >= 0.6 is 0 Å². The second kappa shape index (κ2) is 11.3. The Bertz CT molecular complexity index is 1130. The first-order valence-corrected chi connectivity index (χ1v) is 11.4. The molecule has 1 N–H and O–H groups in total. The molecule has 0 fully saturated rings. The highest BCUT2D eigenvalue weighted by Gasteiger charge is 2.31. The Balaban J connectivity index is 1.74. The molecule has 0 saturated carbocycles. The lowest BCUT2D eigenvalue weighted by molar-refractivity contribution is -0.134. The van der Waals surface area contributed by atoms with Crippen LogP contribution in [0.3, 0.4) is 0 Å². The number of benzene rings is 2. The molecule has 6 nitrogen and oxygen atoms in total. The van der Waals surface area contributed by atoms with E-state index >= 15 is 0 Å². The summed E-state index contributed by atoms with van der Waals surface area (Å²) in [5.74, 6) is 0.969. The fourth-order valence-electron chi connectivity index (χ4n) is 3.59. The number of amides is 1. The minimum absolute atomic E-state index is 0.0245. The van der Waals surface area contributed by atoms with Crippen LogP contribution in [0.1, 0.15) is 48.9 Å². The first kappa shape index (κ1) is 24.8. The van der Waals surface area contributed by atoms with Gasteiger partial charge >= 0.3 is 0 Å². The second-order valence-corrected chi connectivity index (χ2v) is 8.71. The largest absolute Gasteiger partial charge is 0.494 e. The van der Waals surface area contributed by atoms with Crippen molar-refractivity contribution in [3.63, 3.8) is 0 Å². The van der Waals surface area contributed by atoms with Crippen LogP contribution in [0.5, 0.6) is 11.6 Å². The van der Waals surface area contributed by atoms with Crippen molar-refractivity contribution < 1.29 is 14.3 Å². The van der Waals surface area contributed by atoms with E-state index in [2.05, 4.69) is 16.4 Å². The van der Waals surface area contributed by atoms with E-state index in [0.717, 1.165) is 22.4 Å². The lowest BCUT2D eigenvalue weighted by atomic mass is 9.90. The number of carbonyl (C=O) groups excluding carboxylic acids is 1. The number of carbonyl (C=O) groups is 1. The van der Waals surface area contributed by atoms with Gasteiger partial charge in [-0.15, -0.1) is 0 Å². The summed E-state index contributed by atoms with van der Waals surface area (Å²) in [5.41, 5.74) is 2.62. The highest BCUT2D eigenvalue weighted by Crippen LogP contribution is 2.24. The van der Waals surface area contributed by atoms with E-state index in [1.54, 1.807) is 32.2 Å². The molecule has 3 aromatic rings. The molecule has 0 aliphatic rings. The number of nitrogens with zero attached hydrogens (tertiary/aromatic N) is 2. The fraction of sp³-hybridized carbons (Fsp3) is 0.321. The van der Waals surface area contributed by atoms with E-state index < -0.39 is 5.60 Å². The van der Waals surface area contributed by atoms with Crippen LogP contribution in [-0.4, -0.2) is 29.6 Å². The summed E-state index contributed by atoms with van der Waals surface area (Å²) in [5, 5.41) is 12.4. The summed E-state index contributed by atoms with van der Waals surface area (Å²) >= 11 is 0. The Morgan fingerprint density at radius 2 is 1.91 bits per heavy atom. The molecule has 0 radical (unpaired) electrons. The highest BCUT2D eigenvalue weighted by molar-refractivity contribution is 5.84. The van der Waals surface area contributed by atoms with Gasteiger partial charge in [0.25, 0.3) is 5.91 Å². The van der Waals surface area contributed by atoms with Crippen LogP contribution in [0.4, 0.5) is 0 Å². The molecule has 0 unspecified atom stereocenters. The van der Waals surface area contributed by atoms with Crippen molar-refractivity contribution >= 4 is 5.91 Å². The highest BCUT2D eigenvalue weighted by atomic mass is 16.5. The molecule has 0 spiro atoms. The Morgan fingerprint density at radius 1 is 1.15 bits per heavy atom. The van der Waals surface area contributed by atoms with Gasteiger partial charge in [-0.05, 0) is 75.1 Å². The quantitative estimate of drug-likeness (QED) is 0.465. The van der Waals surface area contributed by atoms with Crippen molar-refractivity contribution in [1.29, 1.82) is 5.26 Å². The molecule has 1 aromatic heterocycles. The molecule has 3 rings (SSSR count). The van der Waals surface area contributed by atoms with E-state index in [1.807, 2.05) is 62.4 Å². The smallest absolute Gasteiger partial charge is 0.263 e. The van der Waals surface area contributed by atoms with Gasteiger partial charge in [-0.3, -0.25) is 4.79 Å². The number of nitriles is 1. The minimum Gasteiger partial charge on any atom is -0.494 e. The number of nitrogens with one attached hydrogen (secondary N) is 1. The van der Waals surface area contributed by atoms with E-state index in [1.165, 1.54) is 0 Å². The molecule has 1 heterocycles. The maximum absolute atomic E-state index is 13.0. The van der Waals surface area contributed by atoms with Crippen LogP contribution in [-0.2, 0) is 11.2 Å². The lowest BCUT2D eigenvalue weighted by Crippen LogP contribution is -2.47. The van der Waals surface area contributed by atoms with Crippen molar-refractivity contribution in [2.24, 2.45) is 0 Å². The summed E-state index contributed by atoms with van der Waals surface area (Å²) in [4.78, 5) is 17.3. The molecular weight excluding hydrogens is 426 g/mol. The zero-order valence-corrected chi connectivity index (χ0v) is 20.2. The average molecular weight is 458 g/mol. The molecule has 0 aliphatic heterocycles. The monoisotopic (exact) mass is 457 g/mol. The Morgan fingerprint density at radius 3 is 2.56 bits per heavy atom. The predicted octanol–water partition coefficient (Wildman–Crippen LogP) is 4.96. The zero-order valence-electron chi connectivity index (χ0n) is 20.2. The SMILES string of the molecule is CCOc1ccc(C[C@H](CNC(=O)C(C)(C)Oc2ccc(C)cn2)c2cccc(C#N)c2)cc1. The van der Waals surface area contributed by atoms with Gasteiger partial charge in [-0.2, -0.15) is 5.26 Å². The molecule has 2 aromatic carbocycles. The number of pyridine rings is 1. The molecular formula is C28H31N3O3. The number of rotatable bonds is 10. The van der Waals surface area contributed by atoms with Crippen LogP contribution in [0.25, 0.3) is 0 Å². The van der Waals surface area contributed by atoms with Gasteiger partial charge in [0.05, 0.1) is 18.2 Å². The van der Waals surface area contributed by atoms with Gasteiger partial charge < -0.3 is 14.8 Å². The normalized spacial score (nSPS) is 11.9. The van der Waals surface area contributed by atoms with Crippen LogP contribution in [0.15, 0.2) is 66.9 Å². The molecule has 1 atom stereocenters. The molecule has 6 heteroatoms. The third-order valence-electron chi connectivity index (χ3n) is 5.50. The molecule has 1 amide bonds. The minimum atomic E-state index is -1.10. The maximum Gasteiger partial charge on any atom is 0.263 e. The van der Waals surface area contributed by atoms with E-state index in [0.29, 0.717) is 31.0 Å². The summed E-state index contributed by atoms with van der Waals surface area (Å²) < 4.78 is 11.4. The van der Waals surface area contributed by atoms with Crippen LogP contribution in [0.2, 0.25) is 0 Å². The van der Waals surface area contributed by atoms with Crippen molar-refractivity contribution in [3.8, 4) is 17.7 Å². The Labute approximate surface area is 201 Å². The first-order chi connectivity index (χ1) is 16.3. The molecule has 34 heavy (non-hydrogen) atoms. The van der Waals surface area contributed by atoms with Gasteiger partial charge in [-0.25, -0.2) is 4.98 Å². The standard InChI is InChI=1S/C28H31N3O3/c1-5-33-25-12-10-21(11-13-25)15-24(23-8-6-7-22(16-23)17-29)19-31-27(32)28(3,4)34-26-14-9-20(2)18-30-26/h6-14,16,18,24H,5,15,19H2,1-4H3,(H,31,32)/t24-/m1/s1. The average Bonchev–Trinajstić information content (AvgIpc) is 2.84. The molecule has 0 aliphatic carbocycles. The first-order valence-electron chi connectivity index (χ1n) is 11.4. The molecule has 176 valence electrons. The lowest BCUT2D eigenvalue weighted by Gasteiger charge is -2.26. The van der Waals surface area contributed by atoms with E-state index in [-0.39, 0.29) is 11.8 Å². The maximum atomic E-state index is 13.0. The summed E-state index contributed by atoms with van der Waals surface area (Å²) in [6, 6.07) is 21.3. The zero-order chi connectivity index (χ0) is 24.6. The Hall–Kier alpha value is -3.85. The summed E-state index contributed by atoms with van der Waals surface area (Å²) in [6.07, 6.45) is 2.40. The third-order valence-corrected chi connectivity index (χ3v) is 5.50. The number of ether oxygens (including phenoxy) is 2. The summed E-state index contributed by atoms with van der Waals surface area (Å²) in [6.45, 7) is 8.36. The van der Waals surface area contributed by atoms with Crippen molar-refractivity contribution in [3.05, 3.63) is 89.1 Å². The predicted molar refractivity (Wildman–Crippen MR) is 132 cm³/mol. The van der Waals surface area contributed by atoms with Gasteiger partial charge in [0.2, 0.25) is 5.88 Å². The molecule has 0 saturated heterocycles. The number of hydrogen-bond donors (Lipinski definition) is 1. The van der Waals surface area contributed by atoms with Crippen molar-refractivity contribution in [2.75, 3.05) is 13.2 Å². The van der Waals surface area contributed by atoms with Gasteiger partial charge in [-0.1, -0.05) is 30.3 Å². The van der Waals surface area contributed by atoms with Crippen LogP contribution < -0.4 is 14.8 Å². The fourth-order valence-corrected chi connectivity index (χ4v) is 3.59. The second-order valence-electron chi connectivity index (χ2n) is 8.71. The van der Waals surface area contributed by atoms with Crippen molar-refractivity contribution in [2.45, 2.75) is 45.6 Å². The van der Waals surface area contributed by atoms with E-state index in [4.69, 9.17) is 9.47 Å². The molecule has 0 bridgehead atoms. The van der Waals surface area contributed by atoms with E-state index in [9.17, 15) is 10.1 Å². The van der Waals surface area contributed by atoms with Crippen LogP contribution in [0, 0.1) is 18.3 Å². The van der Waals surface area contributed by atoms with Gasteiger partial charge in [0, 0.05) is 24.7 Å². The number of hydrogen-bond acceptors (Lipinski definition) is 5. The van der Waals surface area contributed by atoms with Crippen molar-refractivity contribution in [1.82, 2.24) is 10.3 Å². The number of aryl methyl sites for hydroxylation is 1. The topological polar surface area (TPSA) is 84.2 Å². The van der Waals surface area contributed by atoms with Gasteiger partial charge in [0.15, 0.2) is 5.60 Å². The third kappa shape index (κ3) is 6.82.